The van der Waals surface area contributed by atoms with E-state index in [0.717, 1.165) is 30.3 Å². The first kappa shape index (κ1) is 17.3. The highest BCUT2D eigenvalue weighted by molar-refractivity contribution is 7.92. The Balaban J connectivity index is 1.66. The van der Waals surface area contributed by atoms with Crippen LogP contribution in [0.3, 0.4) is 0 Å². The van der Waals surface area contributed by atoms with Gasteiger partial charge >= 0.3 is 0 Å². The van der Waals surface area contributed by atoms with Crippen LogP contribution < -0.4 is 4.72 Å². The molecule has 26 heavy (non-hydrogen) atoms. The van der Waals surface area contributed by atoms with E-state index in [1.165, 1.54) is 11.1 Å². The van der Waals surface area contributed by atoms with Crippen molar-refractivity contribution in [1.82, 2.24) is 4.90 Å². The maximum Gasteiger partial charge on any atom is 0.261 e. The zero-order chi connectivity index (χ0) is 18.3. The summed E-state index contributed by atoms with van der Waals surface area (Å²) in [7, 11) is -1.59. The summed E-state index contributed by atoms with van der Waals surface area (Å²) < 4.78 is 28.3. The molecule has 0 aromatic heterocycles. The molecule has 6 heteroatoms. The van der Waals surface area contributed by atoms with Crippen LogP contribution in [-0.4, -0.2) is 26.9 Å². The summed E-state index contributed by atoms with van der Waals surface area (Å²) in [6, 6.07) is 16.2. The Kier molecular flexibility index (Phi) is 4.39. The van der Waals surface area contributed by atoms with Crippen molar-refractivity contribution < 1.29 is 8.42 Å². The summed E-state index contributed by atoms with van der Waals surface area (Å²) in [6.45, 7) is 1.86. The number of hydrogen-bond donors (Lipinski definition) is 1. The van der Waals surface area contributed by atoms with Crippen molar-refractivity contribution in [3.8, 4) is 0 Å². The fourth-order valence-corrected chi connectivity index (χ4v) is 4.69. The predicted octanol–water partition coefficient (Wildman–Crippen LogP) is 4.28. The van der Waals surface area contributed by atoms with E-state index in [0.29, 0.717) is 10.7 Å². The maximum absolute atomic E-state index is 12.8. The molecule has 134 valence electrons. The Morgan fingerprint density at radius 2 is 1.88 bits per heavy atom. The lowest BCUT2D eigenvalue weighted by molar-refractivity contribution is 0.313. The van der Waals surface area contributed by atoms with Crippen LogP contribution in [0.25, 0.3) is 10.8 Å². The molecule has 0 aliphatic carbocycles. The Bertz CT molecular complexity index is 1100. The molecule has 0 atom stereocenters. The number of halogens is 1. The number of nitrogens with one attached hydrogen (secondary N) is 1. The van der Waals surface area contributed by atoms with Gasteiger partial charge in [-0.25, -0.2) is 8.42 Å². The van der Waals surface area contributed by atoms with Crippen LogP contribution >= 0.6 is 11.6 Å². The first-order valence-electron chi connectivity index (χ1n) is 8.44. The third kappa shape index (κ3) is 3.30. The number of anilines is 1. The van der Waals surface area contributed by atoms with Crippen LogP contribution in [0, 0.1) is 0 Å². The average Bonchev–Trinajstić information content (AvgIpc) is 2.61. The molecule has 0 unspecified atom stereocenters. The molecule has 0 saturated heterocycles. The molecular weight excluding hydrogens is 368 g/mol. The van der Waals surface area contributed by atoms with Gasteiger partial charge in [0, 0.05) is 29.2 Å². The Hall–Kier alpha value is -2.08. The van der Waals surface area contributed by atoms with Crippen LogP contribution in [0.15, 0.2) is 59.5 Å². The second-order valence-electron chi connectivity index (χ2n) is 6.70. The van der Waals surface area contributed by atoms with Gasteiger partial charge in [-0.3, -0.25) is 4.72 Å². The van der Waals surface area contributed by atoms with Crippen LogP contribution in [0.1, 0.15) is 11.1 Å². The molecule has 1 heterocycles. The topological polar surface area (TPSA) is 49.4 Å². The fourth-order valence-electron chi connectivity index (χ4n) is 3.37. The molecule has 0 radical (unpaired) electrons. The molecule has 4 nitrogen and oxygen atoms in total. The van der Waals surface area contributed by atoms with Gasteiger partial charge in [0.05, 0.1) is 4.90 Å². The quantitative estimate of drug-likeness (QED) is 0.730. The van der Waals surface area contributed by atoms with Crippen molar-refractivity contribution in [3.63, 3.8) is 0 Å². The third-order valence-electron chi connectivity index (χ3n) is 4.77. The molecule has 1 aliphatic heterocycles. The molecule has 1 aliphatic rings. The molecule has 0 saturated carbocycles. The van der Waals surface area contributed by atoms with Gasteiger partial charge in [0.25, 0.3) is 10.0 Å². The van der Waals surface area contributed by atoms with Gasteiger partial charge in [0.15, 0.2) is 0 Å². The lowest BCUT2D eigenvalue weighted by Gasteiger charge is -2.25. The van der Waals surface area contributed by atoms with Crippen molar-refractivity contribution in [3.05, 3.63) is 70.7 Å². The molecule has 1 N–H and O–H groups in total. The SMILES string of the molecule is CN1CCc2ccc(NS(=O)(=O)c3ccc4c(Cl)cccc4c3)cc2C1. The summed E-state index contributed by atoms with van der Waals surface area (Å²) in [6.07, 6.45) is 0.990. The lowest BCUT2D eigenvalue weighted by Crippen LogP contribution is -2.26. The largest absolute Gasteiger partial charge is 0.302 e. The maximum atomic E-state index is 12.8. The molecule has 4 rings (SSSR count). The minimum atomic E-state index is -3.66. The Morgan fingerprint density at radius 1 is 1.04 bits per heavy atom. The summed E-state index contributed by atoms with van der Waals surface area (Å²) in [5.41, 5.74) is 3.04. The molecule has 0 fully saturated rings. The van der Waals surface area contributed by atoms with Gasteiger partial charge in [-0.1, -0.05) is 35.9 Å². The first-order valence-corrected chi connectivity index (χ1v) is 10.3. The van der Waals surface area contributed by atoms with Crippen LogP contribution in [0.2, 0.25) is 5.02 Å². The summed E-state index contributed by atoms with van der Waals surface area (Å²) >= 11 is 6.16. The summed E-state index contributed by atoms with van der Waals surface area (Å²) in [5, 5.41) is 2.25. The molecule has 3 aromatic rings. The van der Waals surface area contributed by atoms with Crippen molar-refractivity contribution in [2.24, 2.45) is 0 Å². The Morgan fingerprint density at radius 3 is 2.73 bits per heavy atom. The average molecular weight is 387 g/mol. The zero-order valence-electron chi connectivity index (χ0n) is 14.4. The molecule has 3 aromatic carbocycles. The minimum Gasteiger partial charge on any atom is -0.302 e. The van der Waals surface area contributed by atoms with Gasteiger partial charge < -0.3 is 4.90 Å². The monoisotopic (exact) mass is 386 g/mol. The molecule has 0 bridgehead atoms. The third-order valence-corrected chi connectivity index (χ3v) is 6.48. The highest BCUT2D eigenvalue weighted by Crippen LogP contribution is 2.27. The second-order valence-corrected chi connectivity index (χ2v) is 8.79. The van der Waals surface area contributed by atoms with Crippen LogP contribution in [-0.2, 0) is 23.0 Å². The highest BCUT2D eigenvalue weighted by atomic mass is 35.5. The van der Waals surface area contributed by atoms with E-state index in [9.17, 15) is 8.42 Å². The van der Waals surface area contributed by atoms with Crippen molar-refractivity contribution in [2.75, 3.05) is 18.3 Å². The van der Waals surface area contributed by atoms with Gasteiger partial charge in [-0.2, -0.15) is 0 Å². The smallest absolute Gasteiger partial charge is 0.261 e. The zero-order valence-corrected chi connectivity index (χ0v) is 15.9. The van der Waals surface area contributed by atoms with E-state index in [1.54, 1.807) is 24.3 Å². The van der Waals surface area contributed by atoms with E-state index in [1.807, 2.05) is 30.3 Å². The van der Waals surface area contributed by atoms with Crippen molar-refractivity contribution >= 4 is 38.1 Å². The number of sulfonamides is 1. The number of benzene rings is 3. The standard InChI is InChI=1S/C20H19ClN2O2S/c1-23-10-9-14-5-6-17(11-16(14)13-23)22-26(24,25)18-7-8-19-15(12-18)3-2-4-20(19)21/h2-8,11-12,22H,9-10,13H2,1H3. The number of rotatable bonds is 3. The predicted molar refractivity (Wildman–Crippen MR) is 106 cm³/mol. The number of hydrogen-bond acceptors (Lipinski definition) is 3. The van der Waals surface area contributed by atoms with E-state index in [-0.39, 0.29) is 4.90 Å². The van der Waals surface area contributed by atoms with E-state index in [4.69, 9.17) is 11.6 Å². The lowest BCUT2D eigenvalue weighted by atomic mass is 10.00. The van der Waals surface area contributed by atoms with Gasteiger partial charge in [-0.05, 0) is 60.3 Å². The highest BCUT2D eigenvalue weighted by Gasteiger charge is 2.18. The van der Waals surface area contributed by atoms with E-state index >= 15 is 0 Å². The second kappa shape index (κ2) is 6.58. The van der Waals surface area contributed by atoms with Gasteiger partial charge in [0.1, 0.15) is 0 Å². The van der Waals surface area contributed by atoms with Gasteiger partial charge in [-0.15, -0.1) is 0 Å². The van der Waals surface area contributed by atoms with Crippen molar-refractivity contribution in [1.29, 1.82) is 0 Å². The number of nitrogens with zero attached hydrogens (tertiary/aromatic N) is 1. The molecule has 0 amide bonds. The number of fused-ring (bicyclic) bond motifs is 2. The van der Waals surface area contributed by atoms with Crippen LogP contribution in [0.4, 0.5) is 5.69 Å². The molecule has 0 spiro atoms. The minimum absolute atomic E-state index is 0.224. The normalized spacial score (nSPS) is 15.0. The Labute approximate surface area is 158 Å². The molecular formula is C20H19ClN2O2S. The summed E-state index contributed by atoms with van der Waals surface area (Å²) in [4.78, 5) is 2.45. The summed E-state index contributed by atoms with van der Waals surface area (Å²) in [5.74, 6) is 0. The van der Waals surface area contributed by atoms with E-state index < -0.39 is 10.0 Å². The van der Waals surface area contributed by atoms with Crippen molar-refractivity contribution in [2.45, 2.75) is 17.9 Å². The van der Waals surface area contributed by atoms with E-state index in [2.05, 4.69) is 16.7 Å². The van der Waals surface area contributed by atoms with Crippen LogP contribution in [0.5, 0.6) is 0 Å². The fraction of sp³-hybridized carbons (Fsp3) is 0.200. The van der Waals surface area contributed by atoms with Gasteiger partial charge in [0.2, 0.25) is 0 Å². The number of likely N-dealkylation sites (N-methyl/N-ethyl adjacent to an activating group) is 1. The first-order chi connectivity index (χ1) is 12.4.